The number of rotatable bonds is 6. The molecule has 0 bridgehead atoms. The van der Waals surface area contributed by atoms with Gasteiger partial charge in [-0.1, -0.05) is 115 Å². The summed E-state index contributed by atoms with van der Waals surface area (Å²) in [7, 11) is 0. The van der Waals surface area contributed by atoms with Crippen molar-refractivity contribution < 1.29 is 4.79 Å². The Bertz CT molecular complexity index is 1020. The third-order valence-electron chi connectivity index (χ3n) is 5.11. The van der Waals surface area contributed by atoms with Crippen molar-refractivity contribution >= 4 is 5.78 Å². The van der Waals surface area contributed by atoms with Gasteiger partial charge in [0.15, 0.2) is 5.78 Å². The first kappa shape index (κ1) is 17.9. The molecule has 0 saturated heterocycles. The average Bonchev–Trinajstić information content (AvgIpc) is 2.79. The first-order valence-corrected chi connectivity index (χ1v) is 9.60. The van der Waals surface area contributed by atoms with E-state index in [0.29, 0.717) is 6.42 Å². The van der Waals surface area contributed by atoms with Crippen LogP contribution in [0.1, 0.15) is 33.8 Å². The number of hydrogen-bond acceptors (Lipinski definition) is 1. The zero-order valence-electron chi connectivity index (χ0n) is 15.7. The van der Waals surface area contributed by atoms with Crippen LogP contribution in [0.2, 0.25) is 0 Å². The van der Waals surface area contributed by atoms with Gasteiger partial charge in [-0.25, -0.2) is 0 Å². The molecule has 0 N–H and O–H groups in total. The molecule has 1 unspecified atom stereocenters. The zero-order valence-corrected chi connectivity index (χ0v) is 15.7. The summed E-state index contributed by atoms with van der Waals surface area (Å²) in [5, 5.41) is 0. The molecule has 0 heterocycles. The summed E-state index contributed by atoms with van der Waals surface area (Å²) in [5.74, 6) is 0.209. The topological polar surface area (TPSA) is 17.1 Å². The molecule has 0 spiro atoms. The summed E-state index contributed by atoms with van der Waals surface area (Å²) >= 11 is 0. The van der Waals surface area contributed by atoms with Gasteiger partial charge in [0.05, 0.1) is 0 Å². The molecule has 0 aliphatic carbocycles. The number of carbonyl (C=O) groups is 1. The Morgan fingerprint density at radius 2 is 1.00 bits per heavy atom. The van der Waals surface area contributed by atoms with E-state index < -0.39 is 0 Å². The molecule has 0 amide bonds. The summed E-state index contributed by atoms with van der Waals surface area (Å²) in [6.07, 6.45) is 0.457. The van der Waals surface area contributed by atoms with Gasteiger partial charge in [-0.15, -0.1) is 0 Å². The van der Waals surface area contributed by atoms with Crippen molar-refractivity contribution in [2.45, 2.75) is 12.3 Å². The summed E-state index contributed by atoms with van der Waals surface area (Å²) in [4.78, 5) is 12.9. The van der Waals surface area contributed by atoms with Crippen molar-refractivity contribution in [2.75, 3.05) is 0 Å². The second-order valence-corrected chi connectivity index (χ2v) is 6.94. The first-order valence-electron chi connectivity index (χ1n) is 9.60. The summed E-state index contributed by atoms with van der Waals surface area (Å²) in [6.45, 7) is 0. The summed E-state index contributed by atoms with van der Waals surface area (Å²) in [6, 6.07) is 38.8. The van der Waals surface area contributed by atoms with Crippen molar-refractivity contribution in [3.8, 4) is 11.1 Å². The van der Waals surface area contributed by atoms with Gasteiger partial charge in [-0.3, -0.25) is 4.79 Å². The second kappa shape index (κ2) is 8.49. The standard InChI is InChI=1S/C27H22O/c28-27(25-14-8-3-9-15-25)20-26(23-12-6-2-7-13-23)24-18-16-22(17-19-24)21-10-4-1-5-11-21/h1-19,26H,20H2. The molecule has 136 valence electrons. The Hall–Kier alpha value is -3.45. The molecule has 1 nitrogen and oxygen atoms in total. The van der Waals surface area contributed by atoms with E-state index in [9.17, 15) is 4.79 Å². The molecular weight excluding hydrogens is 340 g/mol. The highest BCUT2D eigenvalue weighted by molar-refractivity contribution is 5.96. The van der Waals surface area contributed by atoms with Gasteiger partial charge in [0.25, 0.3) is 0 Å². The molecule has 0 aromatic heterocycles. The highest BCUT2D eigenvalue weighted by Gasteiger charge is 2.19. The molecule has 28 heavy (non-hydrogen) atoms. The summed E-state index contributed by atoms with van der Waals surface area (Å²) in [5.41, 5.74) is 5.48. The lowest BCUT2D eigenvalue weighted by Gasteiger charge is -2.18. The summed E-state index contributed by atoms with van der Waals surface area (Å²) < 4.78 is 0. The van der Waals surface area contributed by atoms with E-state index >= 15 is 0 Å². The lowest BCUT2D eigenvalue weighted by molar-refractivity contribution is 0.0977. The van der Waals surface area contributed by atoms with E-state index in [-0.39, 0.29) is 11.7 Å². The maximum absolute atomic E-state index is 12.9. The quantitative estimate of drug-likeness (QED) is 0.346. The number of ketones is 1. The normalized spacial score (nSPS) is 11.7. The number of benzene rings is 4. The lowest BCUT2D eigenvalue weighted by atomic mass is 9.85. The van der Waals surface area contributed by atoms with Crippen LogP contribution >= 0.6 is 0 Å². The van der Waals surface area contributed by atoms with Gasteiger partial charge < -0.3 is 0 Å². The van der Waals surface area contributed by atoms with E-state index in [4.69, 9.17) is 0 Å². The molecule has 4 rings (SSSR count). The molecule has 4 aromatic carbocycles. The minimum absolute atomic E-state index is 0.0405. The third-order valence-corrected chi connectivity index (χ3v) is 5.11. The fraction of sp³-hybridized carbons (Fsp3) is 0.0741. The van der Waals surface area contributed by atoms with Crippen molar-refractivity contribution in [1.29, 1.82) is 0 Å². The molecule has 0 radical (unpaired) electrons. The molecule has 1 atom stereocenters. The van der Waals surface area contributed by atoms with Crippen LogP contribution in [0.15, 0.2) is 115 Å². The van der Waals surface area contributed by atoms with E-state index in [1.54, 1.807) is 0 Å². The molecular formula is C27H22O. The van der Waals surface area contributed by atoms with Crippen molar-refractivity contribution in [1.82, 2.24) is 0 Å². The fourth-order valence-electron chi connectivity index (χ4n) is 3.58. The Labute approximate surface area is 166 Å². The predicted octanol–water partition coefficient (Wildman–Crippen LogP) is 6.76. The fourth-order valence-corrected chi connectivity index (χ4v) is 3.58. The van der Waals surface area contributed by atoms with Gasteiger partial charge in [0.2, 0.25) is 0 Å². The highest BCUT2D eigenvalue weighted by atomic mass is 16.1. The molecule has 4 aromatic rings. The van der Waals surface area contributed by atoms with Gasteiger partial charge in [-0.2, -0.15) is 0 Å². The lowest BCUT2D eigenvalue weighted by Crippen LogP contribution is -2.09. The molecule has 0 fully saturated rings. The number of Topliss-reactive ketones (excluding diaryl/α,β-unsaturated/α-hetero) is 1. The highest BCUT2D eigenvalue weighted by Crippen LogP contribution is 2.31. The monoisotopic (exact) mass is 362 g/mol. The van der Waals surface area contributed by atoms with Gasteiger partial charge in [0.1, 0.15) is 0 Å². The van der Waals surface area contributed by atoms with Crippen LogP contribution in [0.3, 0.4) is 0 Å². The van der Waals surface area contributed by atoms with E-state index in [1.165, 1.54) is 16.7 Å². The van der Waals surface area contributed by atoms with Gasteiger partial charge >= 0.3 is 0 Å². The Kier molecular flexibility index (Phi) is 5.44. The van der Waals surface area contributed by atoms with Crippen LogP contribution in [-0.4, -0.2) is 5.78 Å². The molecule has 0 saturated carbocycles. The maximum atomic E-state index is 12.9. The molecule has 0 aliphatic heterocycles. The van der Waals surface area contributed by atoms with Crippen LogP contribution in [0.5, 0.6) is 0 Å². The van der Waals surface area contributed by atoms with E-state index in [1.807, 2.05) is 54.6 Å². The van der Waals surface area contributed by atoms with Crippen LogP contribution in [0.25, 0.3) is 11.1 Å². The SMILES string of the molecule is O=C(CC(c1ccccc1)c1ccc(-c2ccccc2)cc1)c1ccccc1. The molecule has 1 heteroatoms. The Morgan fingerprint density at radius 3 is 1.61 bits per heavy atom. The van der Waals surface area contributed by atoms with Crippen molar-refractivity contribution in [3.63, 3.8) is 0 Å². The van der Waals surface area contributed by atoms with Gasteiger partial charge in [-0.05, 0) is 22.3 Å². The second-order valence-electron chi connectivity index (χ2n) is 6.94. The van der Waals surface area contributed by atoms with Crippen molar-refractivity contribution in [2.24, 2.45) is 0 Å². The molecule has 0 aliphatic rings. The Balaban J connectivity index is 1.65. The van der Waals surface area contributed by atoms with Crippen LogP contribution in [0, 0.1) is 0 Å². The van der Waals surface area contributed by atoms with Gasteiger partial charge in [0, 0.05) is 17.9 Å². The number of carbonyl (C=O) groups excluding carboxylic acids is 1. The zero-order chi connectivity index (χ0) is 19.2. The maximum Gasteiger partial charge on any atom is 0.163 e. The average molecular weight is 362 g/mol. The largest absolute Gasteiger partial charge is 0.294 e. The minimum Gasteiger partial charge on any atom is -0.294 e. The first-order chi connectivity index (χ1) is 13.8. The third kappa shape index (κ3) is 4.10. The Morgan fingerprint density at radius 1 is 0.536 bits per heavy atom. The van der Waals surface area contributed by atoms with Crippen LogP contribution in [0.4, 0.5) is 0 Å². The van der Waals surface area contributed by atoms with Crippen LogP contribution in [-0.2, 0) is 0 Å². The van der Waals surface area contributed by atoms with E-state index in [0.717, 1.165) is 11.1 Å². The number of hydrogen-bond donors (Lipinski definition) is 0. The predicted molar refractivity (Wildman–Crippen MR) is 116 cm³/mol. The smallest absolute Gasteiger partial charge is 0.163 e. The van der Waals surface area contributed by atoms with E-state index in [2.05, 4.69) is 60.7 Å². The van der Waals surface area contributed by atoms with Crippen LogP contribution < -0.4 is 0 Å². The van der Waals surface area contributed by atoms with Crippen molar-refractivity contribution in [3.05, 3.63) is 132 Å². The minimum atomic E-state index is 0.0405.